The Morgan fingerprint density at radius 2 is 2.16 bits per heavy atom. The zero-order valence-corrected chi connectivity index (χ0v) is 12.7. The summed E-state index contributed by atoms with van der Waals surface area (Å²) in [5.41, 5.74) is 0. The molecular weight excluding hydrogens is 240 g/mol. The Balaban J connectivity index is 2.44. The molecule has 2 N–H and O–H groups in total. The van der Waals surface area contributed by atoms with Gasteiger partial charge in [-0.2, -0.15) is 0 Å². The summed E-state index contributed by atoms with van der Waals surface area (Å²) < 4.78 is 0. The van der Waals surface area contributed by atoms with Gasteiger partial charge in [-0.3, -0.25) is 4.79 Å². The van der Waals surface area contributed by atoms with Gasteiger partial charge in [-0.05, 0) is 44.2 Å². The Morgan fingerprint density at radius 1 is 1.42 bits per heavy atom. The van der Waals surface area contributed by atoms with Gasteiger partial charge in [-0.15, -0.1) is 0 Å². The van der Waals surface area contributed by atoms with Crippen LogP contribution in [0.25, 0.3) is 0 Å². The van der Waals surface area contributed by atoms with Crippen LogP contribution in [-0.2, 0) is 4.79 Å². The highest BCUT2D eigenvalue weighted by Gasteiger charge is 2.26. The average molecular weight is 270 g/mol. The molecule has 1 fully saturated rings. The molecule has 1 aliphatic rings. The van der Waals surface area contributed by atoms with Crippen LogP contribution in [0.1, 0.15) is 46.5 Å². The molecule has 112 valence electrons. The van der Waals surface area contributed by atoms with Crippen LogP contribution in [0.15, 0.2) is 0 Å². The first kappa shape index (κ1) is 16.4. The van der Waals surface area contributed by atoms with Crippen LogP contribution in [0.5, 0.6) is 0 Å². The lowest BCUT2D eigenvalue weighted by molar-refractivity contribution is -0.137. The molecule has 2 atom stereocenters. The standard InChI is InChI=1S/C15H30N2O2/c1-4-7-17-10-13(5-6-15(18)19)8-14(11-17)16-9-12(2)3/h12-14,16H,4-11H2,1-3H3,(H,18,19). The largest absolute Gasteiger partial charge is 0.481 e. The lowest BCUT2D eigenvalue weighted by atomic mass is 9.90. The number of carbonyl (C=O) groups is 1. The van der Waals surface area contributed by atoms with Gasteiger partial charge in [-0.1, -0.05) is 20.8 Å². The molecule has 0 aromatic carbocycles. The number of hydrogen-bond acceptors (Lipinski definition) is 3. The van der Waals surface area contributed by atoms with Crippen molar-refractivity contribution in [3.63, 3.8) is 0 Å². The number of nitrogens with zero attached hydrogens (tertiary/aromatic N) is 1. The Bertz CT molecular complexity index is 269. The number of aliphatic carboxylic acids is 1. The van der Waals surface area contributed by atoms with Gasteiger partial charge >= 0.3 is 5.97 Å². The zero-order valence-electron chi connectivity index (χ0n) is 12.7. The van der Waals surface area contributed by atoms with Crippen molar-refractivity contribution in [1.82, 2.24) is 10.2 Å². The second-order valence-corrected chi connectivity index (χ2v) is 6.29. The summed E-state index contributed by atoms with van der Waals surface area (Å²) in [5, 5.41) is 12.5. The van der Waals surface area contributed by atoms with Crippen molar-refractivity contribution in [2.24, 2.45) is 11.8 Å². The van der Waals surface area contributed by atoms with Gasteiger partial charge in [0.2, 0.25) is 0 Å². The Labute approximate surface area is 117 Å². The van der Waals surface area contributed by atoms with Crippen molar-refractivity contribution in [3.8, 4) is 0 Å². The molecule has 4 heteroatoms. The minimum atomic E-state index is -0.667. The molecule has 0 radical (unpaired) electrons. The van der Waals surface area contributed by atoms with E-state index < -0.39 is 5.97 Å². The molecule has 0 aliphatic carbocycles. The quantitative estimate of drug-likeness (QED) is 0.710. The molecule has 0 bridgehead atoms. The number of rotatable bonds is 8. The first-order valence-corrected chi connectivity index (χ1v) is 7.68. The summed E-state index contributed by atoms with van der Waals surface area (Å²) in [6.07, 6.45) is 3.42. The van der Waals surface area contributed by atoms with Crippen molar-refractivity contribution in [1.29, 1.82) is 0 Å². The number of carboxylic acids is 1. The fourth-order valence-corrected chi connectivity index (χ4v) is 2.89. The third kappa shape index (κ3) is 6.92. The van der Waals surface area contributed by atoms with Gasteiger partial charge < -0.3 is 15.3 Å². The highest BCUT2D eigenvalue weighted by atomic mass is 16.4. The fourth-order valence-electron chi connectivity index (χ4n) is 2.89. The minimum Gasteiger partial charge on any atom is -0.481 e. The maximum Gasteiger partial charge on any atom is 0.303 e. The fraction of sp³-hybridized carbons (Fsp3) is 0.933. The minimum absolute atomic E-state index is 0.307. The van der Waals surface area contributed by atoms with Crippen molar-refractivity contribution in [2.75, 3.05) is 26.2 Å². The lowest BCUT2D eigenvalue weighted by Gasteiger charge is -2.38. The van der Waals surface area contributed by atoms with E-state index in [1.807, 2.05) is 0 Å². The summed E-state index contributed by atoms with van der Waals surface area (Å²) in [6, 6.07) is 0.529. The van der Waals surface area contributed by atoms with Crippen LogP contribution >= 0.6 is 0 Å². The molecule has 4 nitrogen and oxygen atoms in total. The third-order valence-corrected chi connectivity index (χ3v) is 3.73. The molecule has 1 aliphatic heterocycles. The monoisotopic (exact) mass is 270 g/mol. The van der Waals surface area contributed by atoms with E-state index in [2.05, 4.69) is 31.0 Å². The van der Waals surface area contributed by atoms with Crippen LogP contribution in [0.3, 0.4) is 0 Å². The Morgan fingerprint density at radius 3 is 2.74 bits per heavy atom. The van der Waals surface area contributed by atoms with Gasteiger partial charge in [0.25, 0.3) is 0 Å². The molecule has 0 aromatic rings. The highest BCUT2D eigenvalue weighted by Crippen LogP contribution is 2.21. The third-order valence-electron chi connectivity index (χ3n) is 3.73. The van der Waals surface area contributed by atoms with Crippen molar-refractivity contribution in [3.05, 3.63) is 0 Å². The van der Waals surface area contributed by atoms with E-state index in [1.54, 1.807) is 0 Å². The van der Waals surface area contributed by atoms with Crippen molar-refractivity contribution >= 4 is 5.97 Å². The zero-order chi connectivity index (χ0) is 14.3. The van der Waals surface area contributed by atoms with Crippen LogP contribution in [0, 0.1) is 11.8 Å². The predicted octanol–water partition coefficient (Wildman–Crippen LogP) is 2.20. The molecule has 1 saturated heterocycles. The van der Waals surface area contributed by atoms with E-state index >= 15 is 0 Å². The molecular formula is C15H30N2O2. The number of nitrogens with one attached hydrogen (secondary N) is 1. The van der Waals surface area contributed by atoms with E-state index in [0.717, 1.165) is 39.0 Å². The van der Waals surface area contributed by atoms with Crippen LogP contribution in [-0.4, -0.2) is 48.2 Å². The smallest absolute Gasteiger partial charge is 0.303 e. The highest BCUT2D eigenvalue weighted by molar-refractivity contribution is 5.66. The number of carboxylic acid groups (broad SMARTS) is 1. The van der Waals surface area contributed by atoms with Crippen LogP contribution < -0.4 is 5.32 Å². The predicted molar refractivity (Wildman–Crippen MR) is 78.3 cm³/mol. The molecule has 1 heterocycles. The first-order chi connectivity index (χ1) is 9.01. The van der Waals surface area contributed by atoms with Crippen molar-refractivity contribution in [2.45, 2.75) is 52.5 Å². The molecule has 0 aromatic heterocycles. The summed E-state index contributed by atoms with van der Waals surface area (Å²) in [7, 11) is 0. The number of piperidine rings is 1. The summed E-state index contributed by atoms with van der Waals surface area (Å²) in [4.78, 5) is 13.2. The summed E-state index contributed by atoms with van der Waals surface area (Å²) in [6.45, 7) is 11.0. The lowest BCUT2D eigenvalue weighted by Crippen LogP contribution is -2.50. The number of likely N-dealkylation sites (tertiary alicyclic amines) is 1. The van der Waals surface area contributed by atoms with E-state index in [4.69, 9.17) is 5.11 Å². The molecule has 2 unspecified atom stereocenters. The number of hydrogen-bond donors (Lipinski definition) is 2. The van der Waals surface area contributed by atoms with Crippen molar-refractivity contribution < 1.29 is 9.90 Å². The van der Waals surface area contributed by atoms with Gasteiger partial charge in [0, 0.05) is 25.6 Å². The van der Waals surface area contributed by atoms with E-state index in [1.165, 1.54) is 6.42 Å². The molecule has 0 saturated carbocycles. The first-order valence-electron chi connectivity index (χ1n) is 7.68. The summed E-state index contributed by atoms with van der Waals surface area (Å²) in [5.74, 6) is 0.527. The normalized spacial score (nSPS) is 24.8. The topological polar surface area (TPSA) is 52.6 Å². The van der Waals surface area contributed by atoms with E-state index in [-0.39, 0.29) is 0 Å². The second kappa shape index (κ2) is 8.54. The van der Waals surface area contributed by atoms with Gasteiger partial charge in [0.05, 0.1) is 0 Å². The van der Waals surface area contributed by atoms with Gasteiger partial charge in [0.15, 0.2) is 0 Å². The Hall–Kier alpha value is -0.610. The second-order valence-electron chi connectivity index (χ2n) is 6.29. The van der Waals surface area contributed by atoms with Gasteiger partial charge in [0.1, 0.15) is 0 Å². The maximum absolute atomic E-state index is 10.7. The Kier molecular flexibility index (Phi) is 7.39. The molecule has 1 rings (SSSR count). The van der Waals surface area contributed by atoms with Crippen LogP contribution in [0.4, 0.5) is 0 Å². The summed E-state index contributed by atoms with van der Waals surface area (Å²) >= 11 is 0. The molecule has 0 spiro atoms. The SMILES string of the molecule is CCCN1CC(CCC(=O)O)CC(NCC(C)C)C1. The van der Waals surface area contributed by atoms with Gasteiger partial charge in [-0.25, -0.2) is 0 Å². The average Bonchev–Trinajstić information content (AvgIpc) is 2.34. The van der Waals surface area contributed by atoms with E-state index in [0.29, 0.717) is 24.3 Å². The van der Waals surface area contributed by atoms with Crippen LogP contribution in [0.2, 0.25) is 0 Å². The van der Waals surface area contributed by atoms with E-state index in [9.17, 15) is 4.79 Å². The molecule has 19 heavy (non-hydrogen) atoms. The molecule has 0 amide bonds. The maximum atomic E-state index is 10.7.